The van der Waals surface area contributed by atoms with Gasteiger partial charge in [-0.25, -0.2) is 9.18 Å². The predicted octanol–water partition coefficient (Wildman–Crippen LogP) is 0.306. The number of nitrogens with two attached hydrogens (primary N) is 1. The van der Waals surface area contributed by atoms with Crippen LogP contribution in [0.5, 0.6) is 0 Å². The van der Waals surface area contributed by atoms with Gasteiger partial charge in [0.2, 0.25) is 0 Å². The van der Waals surface area contributed by atoms with Crippen molar-refractivity contribution in [2.75, 3.05) is 5.73 Å². The first-order valence-electron chi connectivity index (χ1n) is 4.90. The molecular formula is C11H10FN3O2. The van der Waals surface area contributed by atoms with E-state index in [0.717, 1.165) is 0 Å². The smallest absolute Gasteiger partial charge is 0.328 e. The lowest BCUT2D eigenvalue weighted by molar-refractivity contribution is 0.622. The molecule has 0 bridgehead atoms. The fourth-order valence-corrected chi connectivity index (χ4v) is 1.46. The summed E-state index contributed by atoms with van der Waals surface area (Å²) in [4.78, 5) is 24.4. The van der Waals surface area contributed by atoms with E-state index in [1.54, 1.807) is 0 Å². The van der Waals surface area contributed by atoms with E-state index in [0.29, 0.717) is 11.3 Å². The zero-order valence-corrected chi connectivity index (χ0v) is 8.81. The third-order valence-electron chi connectivity index (χ3n) is 2.34. The van der Waals surface area contributed by atoms with Crippen LogP contribution in [0, 0.1) is 5.82 Å². The standard InChI is InChI=1S/C11H10FN3O2/c12-8-1-2-9(13)7(5-8)6-15-4-3-10(16)14-11(15)17/h1-5H,6,13H2,(H,14,16,17). The van der Waals surface area contributed by atoms with Crippen LogP contribution in [-0.4, -0.2) is 9.55 Å². The Bertz CT molecular complexity index is 660. The van der Waals surface area contributed by atoms with E-state index in [-0.39, 0.29) is 6.54 Å². The zero-order valence-electron chi connectivity index (χ0n) is 8.81. The van der Waals surface area contributed by atoms with Crippen LogP contribution in [0.1, 0.15) is 5.56 Å². The highest BCUT2D eigenvalue weighted by Crippen LogP contribution is 2.13. The molecule has 1 aromatic carbocycles. The van der Waals surface area contributed by atoms with Crippen LogP contribution in [0.3, 0.4) is 0 Å². The minimum absolute atomic E-state index is 0.110. The Balaban J connectivity index is 2.41. The molecule has 5 nitrogen and oxygen atoms in total. The number of anilines is 1. The van der Waals surface area contributed by atoms with E-state index in [1.165, 1.54) is 35.0 Å². The molecule has 0 fully saturated rings. The third kappa shape index (κ3) is 2.41. The second-order valence-corrected chi connectivity index (χ2v) is 3.58. The van der Waals surface area contributed by atoms with Gasteiger partial charge in [0.15, 0.2) is 0 Å². The summed E-state index contributed by atoms with van der Waals surface area (Å²) in [5.74, 6) is -0.424. The molecular weight excluding hydrogens is 225 g/mol. The van der Waals surface area contributed by atoms with Crippen LogP contribution >= 0.6 is 0 Å². The van der Waals surface area contributed by atoms with Crippen molar-refractivity contribution >= 4 is 5.69 Å². The van der Waals surface area contributed by atoms with Crippen molar-refractivity contribution in [1.82, 2.24) is 9.55 Å². The number of nitrogens with one attached hydrogen (secondary N) is 1. The van der Waals surface area contributed by atoms with Crippen molar-refractivity contribution in [2.45, 2.75) is 6.54 Å². The molecule has 17 heavy (non-hydrogen) atoms. The van der Waals surface area contributed by atoms with Gasteiger partial charge in [-0.2, -0.15) is 0 Å². The lowest BCUT2D eigenvalue weighted by Gasteiger charge is -2.07. The Kier molecular flexibility index (Phi) is 2.78. The SMILES string of the molecule is Nc1ccc(F)cc1Cn1ccc(=O)[nH]c1=O. The number of benzene rings is 1. The molecule has 0 aliphatic carbocycles. The monoisotopic (exact) mass is 235 g/mol. The zero-order chi connectivity index (χ0) is 12.4. The molecule has 0 saturated heterocycles. The number of nitrogen functional groups attached to an aromatic ring is 1. The number of aromatic nitrogens is 2. The Morgan fingerprint density at radius 3 is 2.76 bits per heavy atom. The Morgan fingerprint density at radius 2 is 2.06 bits per heavy atom. The number of hydrogen-bond acceptors (Lipinski definition) is 3. The van der Waals surface area contributed by atoms with Crippen molar-refractivity contribution in [3.63, 3.8) is 0 Å². The van der Waals surface area contributed by atoms with Gasteiger partial charge in [-0.3, -0.25) is 14.3 Å². The van der Waals surface area contributed by atoms with Crippen molar-refractivity contribution in [3.8, 4) is 0 Å². The van der Waals surface area contributed by atoms with E-state index in [2.05, 4.69) is 4.98 Å². The largest absolute Gasteiger partial charge is 0.398 e. The average Bonchev–Trinajstić information content (AvgIpc) is 2.27. The number of rotatable bonds is 2. The topological polar surface area (TPSA) is 80.9 Å². The van der Waals surface area contributed by atoms with Gasteiger partial charge in [0, 0.05) is 18.0 Å². The molecule has 0 amide bonds. The lowest BCUT2D eigenvalue weighted by atomic mass is 10.2. The number of hydrogen-bond donors (Lipinski definition) is 2. The summed E-state index contributed by atoms with van der Waals surface area (Å²) >= 11 is 0. The molecule has 88 valence electrons. The normalized spacial score (nSPS) is 10.4. The van der Waals surface area contributed by atoms with Crippen LogP contribution in [0.2, 0.25) is 0 Å². The maximum absolute atomic E-state index is 13.0. The first-order chi connectivity index (χ1) is 8.06. The van der Waals surface area contributed by atoms with Crippen LogP contribution in [0.4, 0.5) is 10.1 Å². The van der Waals surface area contributed by atoms with Crippen LogP contribution in [-0.2, 0) is 6.54 Å². The fourth-order valence-electron chi connectivity index (χ4n) is 1.46. The van der Waals surface area contributed by atoms with Crippen LogP contribution in [0.15, 0.2) is 40.1 Å². The highest BCUT2D eigenvalue weighted by Gasteiger charge is 2.03. The molecule has 0 aliphatic rings. The summed E-state index contributed by atoms with van der Waals surface area (Å²) in [5.41, 5.74) is 5.51. The molecule has 0 radical (unpaired) electrons. The number of halogens is 1. The molecule has 0 spiro atoms. The van der Waals surface area contributed by atoms with Gasteiger partial charge in [-0.1, -0.05) is 0 Å². The Labute approximate surface area is 95.3 Å². The summed E-state index contributed by atoms with van der Waals surface area (Å²) in [6.45, 7) is 0.110. The van der Waals surface area contributed by atoms with E-state index in [1.807, 2.05) is 0 Å². The van der Waals surface area contributed by atoms with Crippen molar-refractivity contribution in [3.05, 3.63) is 62.7 Å². The molecule has 1 aromatic heterocycles. The molecule has 0 unspecified atom stereocenters. The van der Waals surface area contributed by atoms with Gasteiger partial charge in [0.1, 0.15) is 5.82 Å². The molecule has 0 atom stereocenters. The van der Waals surface area contributed by atoms with Gasteiger partial charge >= 0.3 is 5.69 Å². The highest BCUT2D eigenvalue weighted by atomic mass is 19.1. The Hall–Kier alpha value is -2.37. The van der Waals surface area contributed by atoms with E-state index in [9.17, 15) is 14.0 Å². The number of H-pyrrole nitrogens is 1. The van der Waals surface area contributed by atoms with Gasteiger partial charge in [-0.15, -0.1) is 0 Å². The number of aromatic amines is 1. The minimum Gasteiger partial charge on any atom is -0.398 e. The van der Waals surface area contributed by atoms with Crippen LogP contribution in [0.25, 0.3) is 0 Å². The molecule has 0 saturated carbocycles. The average molecular weight is 235 g/mol. The molecule has 2 aromatic rings. The van der Waals surface area contributed by atoms with Gasteiger partial charge < -0.3 is 5.73 Å². The second-order valence-electron chi connectivity index (χ2n) is 3.58. The van der Waals surface area contributed by atoms with Crippen molar-refractivity contribution < 1.29 is 4.39 Å². The summed E-state index contributed by atoms with van der Waals surface area (Å²) in [6.07, 6.45) is 1.34. The van der Waals surface area contributed by atoms with Crippen molar-refractivity contribution in [1.29, 1.82) is 0 Å². The lowest BCUT2D eigenvalue weighted by Crippen LogP contribution is -2.29. The second kappa shape index (κ2) is 4.25. The predicted molar refractivity (Wildman–Crippen MR) is 61.2 cm³/mol. The van der Waals surface area contributed by atoms with Gasteiger partial charge in [-0.05, 0) is 23.8 Å². The molecule has 0 aliphatic heterocycles. The van der Waals surface area contributed by atoms with E-state index < -0.39 is 17.1 Å². The summed E-state index contributed by atoms with van der Waals surface area (Å²) in [5, 5.41) is 0. The first-order valence-corrected chi connectivity index (χ1v) is 4.90. The third-order valence-corrected chi connectivity index (χ3v) is 2.34. The van der Waals surface area contributed by atoms with Gasteiger partial charge in [0.25, 0.3) is 5.56 Å². The Morgan fingerprint density at radius 1 is 1.29 bits per heavy atom. The van der Waals surface area contributed by atoms with Gasteiger partial charge in [0.05, 0.1) is 6.54 Å². The summed E-state index contributed by atoms with van der Waals surface area (Å²) < 4.78 is 14.3. The minimum atomic E-state index is -0.554. The highest BCUT2D eigenvalue weighted by molar-refractivity contribution is 5.46. The van der Waals surface area contributed by atoms with Crippen molar-refractivity contribution in [2.24, 2.45) is 0 Å². The first kappa shape index (κ1) is 11.1. The van der Waals surface area contributed by atoms with E-state index >= 15 is 0 Å². The molecule has 6 heteroatoms. The molecule has 1 heterocycles. The summed E-state index contributed by atoms with van der Waals surface area (Å²) in [6, 6.07) is 5.15. The molecule has 2 rings (SSSR count). The molecule has 3 N–H and O–H groups in total. The number of nitrogens with zero attached hydrogens (tertiary/aromatic N) is 1. The maximum Gasteiger partial charge on any atom is 0.328 e. The maximum atomic E-state index is 13.0. The summed E-state index contributed by atoms with van der Waals surface area (Å²) in [7, 11) is 0. The van der Waals surface area contributed by atoms with Crippen LogP contribution < -0.4 is 17.0 Å². The fraction of sp³-hybridized carbons (Fsp3) is 0.0909. The quantitative estimate of drug-likeness (QED) is 0.735. The van der Waals surface area contributed by atoms with E-state index in [4.69, 9.17) is 5.73 Å².